The van der Waals surface area contributed by atoms with Crippen molar-refractivity contribution >= 4 is 34.4 Å². The lowest BCUT2D eigenvalue weighted by Gasteiger charge is -2.08. The van der Waals surface area contributed by atoms with Gasteiger partial charge in [0, 0.05) is 17.5 Å². The van der Waals surface area contributed by atoms with Gasteiger partial charge in [0.15, 0.2) is 11.6 Å². The van der Waals surface area contributed by atoms with E-state index in [-0.39, 0.29) is 16.4 Å². The first-order valence-electron chi connectivity index (χ1n) is 7.19. The van der Waals surface area contributed by atoms with Gasteiger partial charge in [-0.25, -0.2) is 9.18 Å². The highest BCUT2D eigenvalue weighted by Gasteiger charge is 2.18. The van der Waals surface area contributed by atoms with Crippen molar-refractivity contribution in [3.05, 3.63) is 59.9 Å². The minimum absolute atomic E-state index is 0.00000824. The van der Waals surface area contributed by atoms with Gasteiger partial charge in [0.2, 0.25) is 0 Å². The zero-order valence-electron chi connectivity index (χ0n) is 12.6. The topological polar surface area (TPSA) is 69.8 Å². The summed E-state index contributed by atoms with van der Waals surface area (Å²) in [7, 11) is 0. The van der Waals surface area contributed by atoms with Crippen LogP contribution in [0.4, 0.5) is 15.0 Å². The average molecular weight is 345 g/mol. The first-order valence-corrected chi connectivity index (χ1v) is 7.57. The van der Waals surface area contributed by atoms with Crippen LogP contribution in [0.5, 0.6) is 0 Å². The van der Waals surface area contributed by atoms with Crippen LogP contribution >= 0.6 is 11.6 Å². The van der Waals surface area contributed by atoms with Crippen LogP contribution in [-0.4, -0.2) is 22.8 Å². The molecule has 0 aliphatic heterocycles. The smallest absolute Gasteiger partial charge is 0.320 e. The molecule has 0 unspecified atom stereocenters. The minimum Gasteiger partial charge on any atom is -0.334 e. The van der Waals surface area contributed by atoms with Crippen LogP contribution in [0.25, 0.3) is 22.0 Å². The molecule has 3 aromatic rings. The van der Waals surface area contributed by atoms with Crippen molar-refractivity contribution in [1.82, 2.24) is 15.5 Å². The van der Waals surface area contributed by atoms with E-state index < -0.39 is 11.8 Å². The second kappa shape index (κ2) is 6.72. The van der Waals surface area contributed by atoms with Crippen LogP contribution < -0.4 is 10.6 Å². The molecule has 0 saturated carbocycles. The Morgan fingerprint density at radius 1 is 1.38 bits per heavy atom. The number of fused-ring (bicyclic) bond motifs is 1. The van der Waals surface area contributed by atoms with Crippen molar-refractivity contribution in [2.45, 2.75) is 0 Å². The number of nitrogens with zero attached hydrogens (tertiary/aromatic N) is 1. The molecule has 0 aliphatic rings. The Labute approximate surface area is 142 Å². The molecule has 0 bridgehead atoms. The van der Waals surface area contributed by atoms with E-state index in [0.717, 1.165) is 5.56 Å². The van der Waals surface area contributed by atoms with Gasteiger partial charge < -0.3 is 5.32 Å². The lowest BCUT2D eigenvalue weighted by atomic mass is 10.0. The lowest BCUT2D eigenvalue weighted by Crippen LogP contribution is -2.28. The number of carbonyl (C=O) groups excluding carboxylic acids is 1. The summed E-state index contributed by atoms with van der Waals surface area (Å²) in [5.41, 5.74) is 1.43. The monoisotopic (exact) mass is 344 g/mol. The predicted octanol–water partition coefficient (Wildman–Crippen LogP) is 4.33. The highest BCUT2D eigenvalue weighted by Crippen LogP contribution is 2.36. The Bertz CT molecular complexity index is 908. The normalized spacial score (nSPS) is 10.6. The van der Waals surface area contributed by atoms with Crippen molar-refractivity contribution in [1.29, 1.82) is 0 Å². The SMILES string of the molecule is C=CCNC(=O)Nc1n[nH]c2c(F)c(Cl)c(-c3ccccc3)cc12. The zero-order valence-corrected chi connectivity index (χ0v) is 13.3. The molecule has 2 amide bonds. The van der Waals surface area contributed by atoms with Crippen LogP contribution in [0.2, 0.25) is 5.02 Å². The molecule has 0 saturated heterocycles. The van der Waals surface area contributed by atoms with Crippen molar-refractivity contribution in [2.24, 2.45) is 0 Å². The Morgan fingerprint density at radius 2 is 2.12 bits per heavy atom. The molecule has 0 radical (unpaired) electrons. The first-order chi connectivity index (χ1) is 11.6. The van der Waals surface area contributed by atoms with Gasteiger partial charge in [-0.1, -0.05) is 48.0 Å². The third-order valence-corrected chi connectivity index (χ3v) is 3.83. The fraction of sp³-hybridized carbons (Fsp3) is 0.0588. The molecule has 1 aromatic heterocycles. The summed E-state index contributed by atoms with van der Waals surface area (Å²) in [5.74, 6) is -0.389. The van der Waals surface area contributed by atoms with Gasteiger partial charge in [-0.2, -0.15) is 5.10 Å². The molecule has 3 N–H and O–H groups in total. The van der Waals surface area contributed by atoms with Crippen LogP contribution in [0, 0.1) is 5.82 Å². The van der Waals surface area contributed by atoms with E-state index in [4.69, 9.17) is 11.6 Å². The van der Waals surface area contributed by atoms with Crippen LogP contribution in [-0.2, 0) is 0 Å². The highest BCUT2D eigenvalue weighted by atomic mass is 35.5. The maximum atomic E-state index is 14.6. The molecule has 7 heteroatoms. The fourth-order valence-electron chi connectivity index (χ4n) is 2.33. The molecule has 3 rings (SSSR count). The van der Waals surface area contributed by atoms with E-state index in [2.05, 4.69) is 27.4 Å². The number of rotatable bonds is 4. The molecule has 5 nitrogen and oxygen atoms in total. The van der Waals surface area contributed by atoms with Gasteiger partial charge in [0.1, 0.15) is 5.52 Å². The number of halogens is 2. The van der Waals surface area contributed by atoms with Gasteiger partial charge in [0.05, 0.1) is 5.02 Å². The molecule has 2 aromatic carbocycles. The van der Waals surface area contributed by atoms with Gasteiger partial charge in [-0.05, 0) is 11.6 Å². The molecular weight excluding hydrogens is 331 g/mol. The largest absolute Gasteiger partial charge is 0.334 e. The third-order valence-electron chi connectivity index (χ3n) is 3.46. The first kappa shape index (κ1) is 16.0. The van der Waals surface area contributed by atoms with Crippen molar-refractivity contribution in [3.63, 3.8) is 0 Å². The quantitative estimate of drug-likeness (QED) is 0.616. The summed E-state index contributed by atoms with van der Waals surface area (Å²) in [6.45, 7) is 3.83. The van der Waals surface area contributed by atoms with Crippen molar-refractivity contribution in [2.75, 3.05) is 11.9 Å². The summed E-state index contributed by atoms with van der Waals surface area (Å²) in [5, 5.41) is 12.1. The number of urea groups is 1. The number of amides is 2. The summed E-state index contributed by atoms with van der Waals surface area (Å²) in [4.78, 5) is 11.8. The van der Waals surface area contributed by atoms with Gasteiger partial charge >= 0.3 is 6.03 Å². The number of H-pyrrole nitrogens is 1. The summed E-state index contributed by atoms with van der Waals surface area (Å²) in [6, 6.07) is 10.4. The second-order valence-corrected chi connectivity index (χ2v) is 5.41. The number of aromatic amines is 1. The summed E-state index contributed by atoms with van der Waals surface area (Å²) in [6.07, 6.45) is 1.55. The van der Waals surface area contributed by atoms with E-state index in [1.54, 1.807) is 12.1 Å². The number of hydrogen-bond donors (Lipinski definition) is 3. The minimum atomic E-state index is -0.611. The fourth-order valence-corrected chi connectivity index (χ4v) is 2.59. The number of carbonyl (C=O) groups is 1. The molecule has 0 aliphatic carbocycles. The van der Waals surface area contributed by atoms with E-state index in [1.165, 1.54) is 0 Å². The second-order valence-electron chi connectivity index (χ2n) is 5.04. The predicted molar refractivity (Wildman–Crippen MR) is 93.7 cm³/mol. The summed E-state index contributed by atoms with van der Waals surface area (Å²) < 4.78 is 14.6. The Balaban J connectivity index is 2.06. The van der Waals surface area contributed by atoms with E-state index in [9.17, 15) is 9.18 Å². The number of aromatic nitrogens is 2. The third kappa shape index (κ3) is 2.96. The number of hydrogen-bond acceptors (Lipinski definition) is 2. The van der Waals surface area contributed by atoms with Crippen LogP contribution in [0.3, 0.4) is 0 Å². The van der Waals surface area contributed by atoms with E-state index in [0.29, 0.717) is 17.5 Å². The lowest BCUT2D eigenvalue weighted by molar-refractivity contribution is 0.253. The average Bonchev–Trinajstić information content (AvgIpc) is 2.99. The van der Waals surface area contributed by atoms with Gasteiger partial charge in [-0.15, -0.1) is 6.58 Å². The molecule has 24 heavy (non-hydrogen) atoms. The van der Waals surface area contributed by atoms with Crippen LogP contribution in [0.15, 0.2) is 49.1 Å². The Hall–Kier alpha value is -2.86. The van der Waals surface area contributed by atoms with E-state index >= 15 is 0 Å². The zero-order chi connectivity index (χ0) is 17.1. The molecule has 0 fully saturated rings. The molecule has 0 atom stereocenters. The molecule has 1 heterocycles. The summed E-state index contributed by atoms with van der Waals surface area (Å²) >= 11 is 6.16. The standard InChI is InChI=1S/C17H14ClFN4O/c1-2-8-20-17(24)21-16-12-9-11(10-6-4-3-5-7-10)13(18)14(19)15(12)22-23-16/h2-7,9H,1,8H2,(H3,20,21,22,23,24). The molecule has 122 valence electrons. The van der Waals surface area contributed by atoms with E-state index in [1.807, 2.05) is 30.3 Å². The Morgan fingerprint density at radius 3 is 2.83 bits per heavy atom. The number of anilines is 1. The molecular formula is C17H14ClFN4O. The van der Waals surface area contributed by atoms with Gasteiger partial charge in [-0.3, -0.25) is 10.4 Å². The number of benzene rings is 2. The maximum absolute atomic E-state index is 14.6. The van der Waals surface area contributed by atoms with Crippen molar-refractivity contribution in [3.8, 4) is 11.1 Å². The maximum Gasteiger partial charge on any atom is 0.320 e. The molecule has 0 spiro atoms. The number of nitrogens with one attached hydrogen (secondary N) is 3. The Kier molecular flexibility index (Phi) is 4.48. The van der Waals surface area contributed by atoms with Gasteiger partial charge in [0.25, 0.3) is 0 Å². The van der Waals surface area contributed by atoms with Crippen molar-refractivity contribution < 1.29 is 9.18 Å². The van der Waals surface area contributed by atoms with Crippen LogP contribution in [0.1, 0.15) is 0 Å². The highest BCUT2D eigenvalue weighted by molar-refractivity contribution is 6.34.